The van der Waals surface area contributed by atoms with E-state index in [0.29, 0.717) is 17.5 Å². The third-order valence-corrected chi connectivity index (χ3v) is 6.43. The summed E-state index contributed by atoms with van der Waals surface area (Å²) in [4.78, 5) is 17.7. The van der Waals surface area contributed by atoms with Gasteiger partial charge < -0.3 is 5.32 Å². The van der Waals surface area contributed by atoms with Crippen LogP contribution in [-0.4, -0.2) is 39.1 Å². The van der Waals surface area contributed by atoms with Crippen molar-refractivity contribution in [2.24, 2.45) is 0 Å². The number of carbonyl (C=O) groups excluding carboxylic acids is 1. The average Bonchev–Trinajstić information content (AvgIpc) is 3.32. The second-order valence-corrected chi connectivity index (χ2v) is 8.68. The van der Waals surface area contributed by atoms with Gasteiger partial charge in [0.05, 0.1) is 5.75 Å². The van der Waals surface area contributed by atoms with Crippen molar-refractivity contribution >= 4 is 40.8 Å². The number of aromatic nitrogens is 3. The molecule has 1 amide bonds. The van der Waals surface area contributed by atoms with E-state index in [1.807, 2.05) is 43.0 Å². The third-order valence-electron chi connectivity index (χ3n) is 3.52. The monoisotopic (exact) mass is 404 g/mol. The van der Waals surface area contributed by atoms with Gasteiger partial charge in [-0.3, -0.25) is 9.89 Å². The minimum absolute atomic E-state index is 0.00779. The highest BCUT2D eigenvalue weighted by molar-refractivity contribution is 7.99. The molecule has 0 radical (unpaired) electrons. The summed E-state index contributed by atoms with van der Waals surface area (Å²) < 4.78 is 0. The van der Waals surface area contributed by atoms with Gasteiger partial charge in [-0.05, 0) is 18.4 Å². The number of aryl methyl sites for hydroxylation is 1. The van der Waals surface area contributed by atoms with E-state index in [0.717, 1.165) is 22.9 Å². The first-order chi connectivity index (χ1) is 12.7. The highest BCUT2D eigenvalue weighted by Gasteiger charge is 2.08. The first-order valence-corrected chi connectivity index (χ1v) is 11.2. The van der Waals surface area contributed by atoms with Gasteiger partial charge in [0, 0.05) is 28.5 Å². The van der Waals surface area contributed by atoms with Crippen molar-refractivity contribution in [3.63, 3.8) is 0 Å². The van der Waals surface area contributed by atoms with E-state index in [4.69, 9.17) is 0 Å². The molecule has 1 aromatic carbocycles. The average molecular weight is 405 g/mol. The van der Waals surface area contributed by atoms with Gasteiger partial charge in [0.25, 0.3) is 0 Å². The van der Waals surface area contributed by atoms with Crippen LogP contribution in [0.1, 0.15) is 10.4 Å². The van der Waals surface area contributed by atoms with Crippen molar-refractivity contribution in [2.45, 2.75) is 17.8 Å². The summed E-state index contributed by atoms with van der Waals surface area (Å²) in [6.07, 6.45) is 0. The molecule has 0 saturated heterocycles. The molecule has 0 fully saturated rings. The van der Waals surface area contributed by atoms with Crippen LogP contribution < -0.4 is 5.32 Å². The van der Waals surface area contributed by atoms with Gasteiger partial charge in [-0.15, -0.1) is 16.4 Å². The Morgan fingerprint density at radius 1 is 1.27 bits per heavy atom. The van der Waals surface area contributed by atoms with Crippen molar-refractivity contribution in [1.82, 2.24) is 20.5 Å². The molecule has 136 valence electrons. The first kappa shape index (κ1) is 19.0. The molecular formula is C18H20N4OS3. The van der Waals surface area contributed by atoms with E-state index in [9.17, 15) is 4.79 Å². The zero-order valence-electron chi connectivity index (χ0n) is 14.4. The second-order valence-electron chi connectivity index (χ2n) is 5.60. The third kappa shape index (κ3) is 5.89. The van der Waals surface area contributed by atoms with Gasteiger partial charge in [-0.2, -0.15) is 11.8 Å². The molecule has 26 heavy (non-hydrogen) atoms. The Bertz CT molecular complexity index is 815. The molecule has 3 rings (SSSR count). The smallest absolute Gasteiger partial charge is 0.230 e. The van der Waals surface area contributed by atoms with Gasteiger partial charge >= 0.3 is 0 Å². The zero-order valence-corrected chi connectivity index (χ0v) is 16.8. The molecular weight excluding hydrogens is 384 g/mol. The van der Waals surface area contributed by atoms with Gasteiger partial charge in [0.2, 0.25) is 11.1 Å². The van der Waals surface area contributed by atoms with Crippen molar-refractivity contribution in [1.29, 1.82) is 0 Å². The molecule has 0 aliphatic rings. The number of carbonyl (C=O) groups is 1. The Kier molecular flexibility index (Phi) is 7.16. The van der Waals surface area contributed by atoms with Crippen molar-refractivity contribution in [3.8, 4) is 11.4 Å². The molecule has 0 atom stereocenters. The van der Waals surface area contributed by atoms with Crippen LogP contribution in [-0.2, 0) is 10.5 Å². The maximum absolute atomic E-state index is 11.9. The highest BCUT2D eigenvalue weighted by Crippen LogP contribution is 2.19. The van der Waals surface area contributed by atoms with Gasteiger partial charge in [0.1, 0.15) is 0 Å². The summed E-state index contributed by atoms with van der Waals surface area (Å²) in [7, 11) is 0. The number of aromatic amines is 1. The minimum Gasteiger partial charge on any atom is -0.355 e. The number of thiophene rings is 1. The van der Waals surface area contributed by atoms with Crippen LogP contribution in [0, 0.1) is 6.92 Å². The number of thioether (sulfide) groups is 2. The van der Waals surface area contributed by atoms with Crippen LogP contribution in [0.25, 0.3) is 11.4 Å². The lowest BCUT2D eigenvalue weighted by Crippen LogP contribution is -2.27. The van der Waals surface area contributed by atoms with Crippen LogP contribution in [0.4, 0.5) is 0 Å². The summed E-state index contributed by atoms with van der Waals surface area (Å²) in [5.41, 5.74) is 2.19. The zero-order chi connectivity index (χ0) is 18.2. The number of hydrogen-bond acceptors (Lipinski definition) is 6. The second kappa shape index (κ2) is 9.80. The first-order valence-electron chi connectivity index (χ1n) is 8.20. The molecule has 0 bridgehead atoms. The topological polar surface area (TPSA) is 70.7 Å². The number of benzene rings is 1. The van der Waals surface area contributed by atoms with Gasteiger partial charge in [-0.1, -0.05) is 47.7 Å². The lowest BCUT2D eigenvalue weighted by Gasteiger charge is -2.03. The predicted molar refractivity (Wildman–Crippen MR) is 111 cm³/mol. The highest BCUT2D eigenvalue weighted by atomic mass is 32.2. The Balaban J connectivity index is 1.34. The fourth-order valence-electron chi connectivity index (χ4n) is 2.16. The van der Waals surface area contributed by atoms with Crippen LogP contribution in [0.2, 0.25) is 0 Å². The fourth-order valence-corrected chi connectivity index (χ4v) is 4.49. The molecule has 5 nitrogen and oxygen atoms in total. The lowest BCUT2D eigenvalue weighted by molar-refractivity contribution is -0.118. The van der Waals surface area contributed by atoms with Crippen molar-refractivity contribution in [3.05, 3.63) is 52.2 Å². The normalized spacial score (nSPS) is 10.8. The number of amides is 1. The van der Waals surface area contributed by atoms with Gasteiger partial charge in [-0.25, -0.2) is 4.98 Å². The maximum atomic E-state index is 11.9. The molecule has 8 heteroatoms. The van der Waals surface area contributed by atoms with Crippen LogP contribution >= 0.6 is 34.9 Å². The summed E-state index contributed by atoms with van der Waals surface area (Å²) in [6, 6.07) is 12.3. The van der Waals surface area contributed by atoms with E-state index >= 15 is 0 Å². The molecule has 0 unspecified atom stereocenters. The summed E-state index contributed by atoms with van der Waals surface area (Å²) in [6.45, 7) is 2.73. The number of hydrogen-bond donors (Lipinski definition) is 2. The summed E-state index contributed by atoms with van der Waals surface area (Å²) in [5.74, 6) is 2.96. The molecule has 2 aromatic heterocycles. The standard InChI is InChI=1S/C18H20N4OS3/c1-13-4-6-14(7-5-13)17-20-18(22-21-17)26-12-16(23)19-8-10-24-11-15-3-2-9-25-15/h2-7,9H,8,10-12H2,1H3,(H,19,23)(H,20,21,22). The fraction of sp³-hybridized carbons (Fsp3) is 0.278. The molecule has 0 aliphatic heterocycles. The Labute approximate surface area is 165 Å². The Morgan fingerprint density at radius 2 is 2.12 bits per heavy atom. The molecule has 0 aliphatic carbocycles. The van der Waals surface area contributed by atoms with E-state index in [1.165, 1.54) is 22.2 Å². The molecule has 2 heterocycles. The molecule has 0 spiro atoms. The van der Waals surface area contributed by atoms with E-state index in [1.54, 1.807) is 11.3 Å². The van der Waals surface area contributed by atoms with Crippen molar-refractivity contribution < 1.29 is 4.79 Å². The minimum atomic E-state index is 0.00779. The molecule has 3 aromatic rings. The Morgan fingerprint density at radius 3 is 2.88 bits per heavy atom. The van der Waals surface area contributed by atoms with Gasteiger partial charge in [0.15, 0.2) is 5.82 Å². The van der Waals surface area contributed by atoms with Crippen LogP contribution in [0.15, 0.2) is 46.9 Å². The van der Waals surface area contributed by atoms with Crippen LogP contribution in [0.5, 0.6) is 0 Å². The SMILES string of the molecule is Cc1ccc(-c2nc(SCC(=O)NCCSCc3cccs3)n[nH]2)cc1. The number of nitrogens with one attached hydrogen (secondary N) is 2. The number of rotatable bonds is 9. The summed E-state index contributed by atoms with van der Waals surface area (Å²) >= 11 is 4.93. The van der Waals surface area contributed by atoms with E-state index in [2.05, 4.69) is 38.0 Å². The number of H-pyrrole nitrogens is 1. The van der Waals surface area contributed by atoms with Crippen molar-refractivity contribution in [2.75, 3.05) is 18.1 Å². The largest absolute Gasteiger partial charge is 0.355 e. The number of nitrogens with zero attached hydrogens (tertiary/aromatic N) is 2. The Hall–Kier alpha value is -1.77. The maximum Gasteiger partial charge on any atom is 0.230 e. The lowest BCUT2D eigenvalue weighted by atomic mass is 10.1. The quantitative estimate of drug-likeness (QED) is 0.417. The predicted octanol–water partition coefficient (Wildman–Crippen LogP) is 3.98. The summed E-state index contributed by atoms with van der Waals surface area (Å²) in [5, 5.41) is 12.7. The van der Waals surface area contributed by atoms with E-state index < -0.39 is 0 Å². The van der Waals surface area contributed by atoms with E-state index in [-0.39, 0.29) is 5.91 Å². The molecule has 0 saturated carbocycles. The molecule has 2 N–H and O–H groups in total. The van der Waals surface area contributed by atoms with Crippen LogP contribution in [0.3, 0.4) is 0 Å².